The van der Waals surface area contributed by atoms with E-state index in [9.17, 15) is 0 Å². The van der Waals surface area contributed by atoms with Crippen LogP contribution in [0.1, 0.15) is 5.56 Å². The Kier molecular flexibility index (Phi) is 3.87. The average Bonchev–Trinajstić information content (AvgIpc) is 2.52. The molecular formula is C17H17N5. The van der Waals surface area contributed by atoms with Crippen molar-refractivity contribution < 1.29 is 0 Å². The van der Waals surface area contributed by atoms with Gasteiger partial charge in [-0.15, -0.1) is 0 Å². The van der Waals surface area contributed by atoms with Gasteiger partial charge in [-0.2, -0.15) is 4.98 Å². The Morgan fingerprint density at radius 2 is 1.68 bits per heavy atom. The summed E-state index contributed by atoms with van der Waals surface area (Å²) in [7, 11) is 0. The van der Waals surface area contributed by atoms with Crippen LogP contribution in [0, 0.1) is 6.92 Å². The van der Waals surface area contributed by atoms with Gasteiger partial charge in [0.2, 0.25) is 5.95 Å². The Hall–Kier alpha value is -3.08. The first-order chi connectivity index (χ1) is 10.7. The van der Waals surface area contributed by atoms with E-state index >= 15 is 0 Å². The highest BCUT2D eigenvalue weighted by Gasteiger charge is 2.05. The molecule has 0 unspecified atom stereocenters. The zero-order valence-electron chi connectivity index (χ0n) is 12.2. The minimum absolute atomic E-state index is 0.523. The number of anilines is 5. The predicted octanol–water partition coefficient (Wildman–Crippen LogP) is 3.85. The van der Waals surface area contributed by atoms with Gasteiger partial charge in [-0.25, -0.2) is 4.98 Å². The Morgan fingerprint density at radius 3 is 2.45 bits per heavy atom. The van der Waals surface area contributed by atoms with Gasteiger partial charge in [-0.1, -0.05) is 24.3 Å². The van der Waals surface area contributed by atoms with Crippen LogP contribution in [0.15, 0.2) is 60.8 Å². The smallest absolute Gasteiger partial charge is 0.229 e. The molecule has 0 atom stereocenters. The number of aryl methyl sites for hydroxylation is 1. The lowest BCUT2D eigenvalue weighted by Crippen LogP contribution is -2.02. The number of benzene rings is 2. The van der Waals surface area contributed by atoms with Crippen molar-refractivity contribution >= 4 is 28.8 Å². The van der Waals surface area contributed by atoms with Crippen molar-refractivity contribution in [3.63, 3.8) is 0 Å². The second kappa shape index (κ2) is 6.13. The summed E-state index contributed by atoms with van der Waals surface area (Å²) in [5.74, 6) is 1.29. The number of nitrogen functional groups attached to an aromatic ring is 1. The highest BCUT2D eigenvalue weighted by molar-refractivity contribution is 5.63. The molecule has 1 heterocycles. The van der Waals surface area contributed by atoms with Gasteiger partial charge >= 0.3 is 0 Å². The average molecular weight is 291 g/mol. The molecule has 0 saturated carbocycles. The van der Waals surface area contributed by atoms with Gasteiger partial charge in [-0.05, 0) is 37.3 Å². The van der Waals surface area contributed by atoms with E-state index in [2.05, 4.69) is 20.6 Å². The van der Waals surface area contributed by atoms with Crippen molar-refractivity contribution in [2.75, 3.05) is 16.4 Å². The Balaban J connectivity index is 1.83. The highest BCUT2D eigenvalue weighted by atomic mass is 15.1. The number of hydrogen-bond donors (Lipinski definition) is 3. The number of nitrogens with zero attached hydrogens (tertiary/aromatic N) is 2. The van der Waals surface area contributed by atoms with E-state index in [1.807, 2.05) is 61.5 Å². The molecule has 0 aliphatic heterocycles. The van der Waals surface area contributed by atoms with Crippen LogP contribution in [0.4, 0.5) is 28.8 Å². The van der Waals surface area contributed by atoms with Gasteiger partial charge < -0.3 is 16.4 Å². The van der Waals surface area contributed by atoms with E-state index in [-0.39, 0.29) is 0 Å². The Morgan fingerprint density at radius 1 is 0.909 bits per heavy atom. The van der Waals surface area contributed by atoms with Crippen LogP contribution in [-0.4, -0.2) is 9.97 Å². The molecule has 0 amide bonds. The standard InChI is InChI=1S/C17H17N5/c1-12-11-19-17(21-15-9-5-6-13(18)10-15)22-16(12)20-14-7-3-2-4-8-14/h2-11H,18H2,1H3,(H2,19,20,21,22). The second-order valence-corrected chi connectivity index (χ2v) is 4.97. The Labute approximate surface area is 129 Å². The predicted molar refractivity (Wildman–Crippen MR) is 90.6 cm³/mol. The van der Waals surface area contributed by atoms with Crippen LogP contribution in [0.25, 0.3) is 0 Å². The normalized spacial score (nSPS) is 10.2. The van der Waals surface area contributed by atoms with E-state index < -0.39 is 0 Å². The van der Waals surface area contributed by atoms with Gasteiger partial charge in [0.1, 0.15) is 5.82 Å². The molecular weight excluding hydrogens is 274 g/mol. The quantitative estimate of drug-likeness (QED) is 0.636. The van der Waals surface area contributed by atoms with Gasteiger partial charge in [0.15, 0.2) is 0 Å². The summed E-state index contributed by atoms with van der Waals surface area (Å²) in [6.07, 6.45) is 1.78. The van der Waals surface area contributed by atoms with Crippen LogP contribution < -0.4 is 16.4 Å². The van der Waals surface area contributed by atoms with Crippen LogP contribution in [-0.2, 0) is 0 Å². The van der Waals surface area contributed by atoms with E-state index in [1.165, 1.54) is 0 Å². The summed E-state index contributed by atoms with van der Waals surface area (Å²) in [4.78, 5) is 8.82. The molecule has 1 aromatic heterocycles. The van der Waals surface area contributed by atoms with Crippen LogP contribution in [0.2, 0.25) is 0 Å². The monoisotopic (exact) mass is 291 g/mol. The molecule has 22 heavy (non-hydrogen) atoms. The molecule has 0 aliphatic rings. The SMILES string of the molecule is Cc1cnc(Nc2cccc(N)c2)nc1Nc1ccccc1. The first-order valence-corrected chi connectivity index (χ1v) is 6.99. The molecule has 110 valence electrons. The topological polar surface area (TPSA) is 75.9 Å². The zero-order chi connectivity index (χ0) is 15.4. The van der Waals surface area contributed by atoms with Crippen molar-refractivity contribution in [2.45, 2.75) is 6.92 Å². The Bertz CT molecular complexity index is 771. The largest absolute Gasteiger partial charge is 0.399 e. The number of hydrogen-bond acceptors (Lipinski definition) is 5. The maximum absolute atomic E-state index is 5.78. The lowest BCUT2D eigenvalue weighted by Gasteiger charge is -2.11. The summed E-state index contributed by atoms with van der Waals surface area (Å²) in [5, 5.41) is 6.45. The summed E-state index contributed by atoms with van der Waals surface area (Å²) >= 11 is 0. The van der Waals surface area contributed by atoms with Gasteiger partial charge in [0, 0.05) is 28.8 Å². The number of rotatable bonds is 4. The molecule has 3 aromatic rings. The molecule has 0 fully saturated rings. The van der Waals surface area contributed by atoms with E-state index in [0.29, 0.717) is 11.6 Å². The van der Waals surface area contributed by atoms with Crippen LogP contribution >= 0.6 is 0 Å². The molecule has 2 aromatic carbocycles. The number of para-hydroxylation sites is 1. The lowest BCUT2D eigenvalue weighted by molar-refractivity contribution is 1.13. The van der Waals surface area contributed by atoms with Gasteiger partial charge in [-0.3, -0.25) is 0 Å². The maximum atomic E-state index is 5.78. The molecule has 0 bridgehead atoms. The number of nitrogens with two attached hydrogens (primary N) is 1. The highest BCUT2D eigenvalue weighted by Crippen LogP contribution is 2.21. The zero-order valence-corrected chi connectivity index (χ0v) is 12.2. The molecule has 5 heteroatoms. The molecule has 3 rings (SSSR count). The maximum Gasteiger partial charge on any atom is 0.229 e. The van der Waals surface area contributed by atoms with E-state index in [4.69, 9.17) is 5.73 Å². The first-order valence-electron chi connectivity index (χ1n) is 6.99. The van der Waals surface area contributed by atoms with Gasteiger partial charge in [0.05, 0.1) is 0 Å². The molecule has 0 aliphatic carbocycles. The minimum Gasteiger partial charge on any atom is -0.399 e. The van der Waals surface area contributed by atoms with Crippen molar-refractivity contribution in [3.8, 4) is 0 Å². The van der Waals surface area contributed by atoms with Crippen molar-refractivity contribution in [1.82, 2.24) is 9.97 Å². The summed E-state index contributed by atoms with van der Waals surface area (Å²) in [6, 6.07) is 17.4. The lowest BCUT2D eigenvalue weighted by atomic mass is 10.3. The van der Waals surface area contributed by atoms with Crippen LogP contribution in [0.3, 0.4) is 0 Å². The molecule has 0 spiro atoms. The first kappa shape index (κ1) is 13.9. The molecule has 0 saturated heterocycles. The third-order valence-corrected chi connectivity index (χ3v) is 3.15. The van der Waals surface area contributed by atoms with Crippen molar-refractivity contribution in [3.05, 3.63) is 66.4 Å². The van der Waals surface area contributed by atoms with Crippen molar-refractivity contribution in [2.24, 2.45) is 0 Å². The fourth-order valence-electron chi connectivity index (χ4n) is 2.03. The second-order valence-electron chi connectivity index (χ2n) is 4.97. The summed E-state index contributed by atoms with van der Waals surface area (Å²) < 4.78 is 0. The third kappa shape index (κ3) is 3.32. The number of aromatic nitrogens is 2. The minimum atomic E-state index is 0.523. The molecule has 0 radical (unpaired) electrons. The number of nitrogens with one attached hydrogen (secondary N) is 2. The van der Waals surface area contributed by atoms with Crippen LogP contribution in [0.5, 0.6) is 0 Å². The van der Waals surface area contributed by atoms with E-state index in [1.54, 1.807) is 6.20 Å². The third-order valence-electron chi connectivity index (χ3n) is 3.15. The van der Waals surface area contributed by atoms with E-state index in [0.717, 1.165) is 22.8 Å². The fourth-order valence-corrected chi connectivity index (χ4v) is 2.03. The summed E-state index contributed by atoms with van der Waals surface area (Å²) in [6.45, 7) is 1.97. The van der Waals surface area contributed by atoms with Crippen molar-refractivity contribution in [1.29, 1.82) is 0 Å². The molecule has 4 N–H and O–H groups in total. The fraction of sp³-hybridized carbons (Fsp3) is 0.0588. The summed E-state index contributed by atoms with van der Waals surface area (Å²) in [5.41, 5.74) is 9.28. The van der Waals surface area contributed by atoms with Gasteiger partial charge in [0.25, 0.3) is 0 Å². The molecule has 5 nitrogen and oxygen atoms in total.